The Labute approximate surface area is 163 Å². The van der Waals surface area contributed by atoms with Crippen molar-refractivity contribution >= 4 is 27.8 Å². The lowest BCUT2D eigenvalue weighted by Crippen LogP contribution is -2.26. The Morgan fingerprint density at radius 2 is 1.86 bits per heavy atom. The summed E-state index contributed by atoms with van der Waals surface area (Å²) in [5.74, 6) is 1.51. The minimum atomic E-state index is 0.0667. The van der Waals surface area contributed by atoms with Crippen LogP contribution in [0.4, 0.5) is 0 Å². The van der Waals surface area contributed by atoms with Crippen LogP contribution in [0.5, 0.6) is 5.75 Å². The summed E-state index contributed by atoms with van der Waals surface area (Å²) in [6, 6.07) is 19.8. The molecule has 0 atom stereocenters. The number of carbonyl (C=O) groups excluding carboxylic acids is 1. The van der Waals surface area contributed by atoms with Crippen LogP contribution in [0.2, 0.25) is 0 Å². The predicted molar refractivity (Wildman–Crippen MR) is 109 cm³/mol. The van der Waals surface area contributed by atoms with Crippen molar-refractivity contribution in [3.05, 3.63) is 72.1 Å². The summed E-state index contributed by atoms with van der Waals surface area (Å²) < 4.78 is 11.0. The van der Waals surface area contributed by atoms with Gasteiger partial charge in [0.05, 0.1) is 7.11 Å². The SMILES string of the molecule is COc1ccc2cc(CN(C)C(=O)CCc3nc4ccccc4o3)ccc2c1. The second-order valence-corrected chi connectivity index (χ2v) is 6.87. The van der Waals surface area contributed by atoms with Gasteiger partial charge in [-0.3, -0.25) is 4.79 Å². The van der Waals surface area contributed by atoms with E-state index in [-0.39, 0.29) is 5.91 Å². The highest BCUT2D eigenvalue weighted by Gasteiger charge is 2.13. The van der Waals surface area contributed by atoms with Gasteiger partial charge in [0.2, 0.25) is 5.91 Å². The van der Waals surface area contributed by atoms with Crippen molar-refractivity contribution in [2.45, 2.75) is 19.4 Å². The van der Waals surface area contributed by atoms with Crippen LogP contribution in [0, 0.1) is 0 Å². The number of aryl methyl sites for hydroxylation is 1. The number of oxazole rings is 1. The second-order valence-electron chi connectivity index (χ2n) is 6.87. The van der Waals surface area contributed by atoms with E-state index >= 15 is 0 Å². The highest BCUT2D eigenvalue weighted by atomic mass is 16.5. The Morgan fingerprint density at radius 1 is 1.07 bits per heavy atom. The number of aromatic nitrogens is 1. The van der Waals surface area contributed by atoms with Crippen LogP contribution in [0.25, 0.3) is 21.9 Å². The monoisotopic (exact) mass is 374 g/mol. The van der Waals surface area contributed by atoms with Crippen molar-refractivity contribution in [1.82, 2.24) is 9.88 Å². The van der Waals surface area contributed by atoms with Crippen LogP contribution < -0.4 is 4.74 Å². The molecule has 142 valence electrons. The third kappa shape index (κ3) is 3.83. The maximum atomic E-state index is 12.5. The summed E-state index contributed by atoms with van der Waals surface area (Å²) in [6.07, 6.45) is 0.865. The third-order valence-electron chi connectivity index (χ3n) is 4.85. The summed E-state index contributed by atoms with van der Waals surface area (Å²) >= 11 is 0. The maximum Gasteiger partial charge on any atom is 0.223 e. The zero-order valence-corrected chi connectivity index (χ0v) is 16.0. The average Bonchev–Trinajstić information content (AvgIpc) is 3.14. The number of hydrogen-bond donors (Lipinski definition) is 0. The molecule has 1 aromatic heterocycles. The molecular weight excluding hydrogens is 352 g/mol. The number of carbonyl (C=O) groups is 1. The first-order valence-corrected chi connectivity index (χ1v) is 9.27. The fourth-order valence-electron chi connectivity index (χ4n) is 3.29. The van der Waals surface area contributed by atoms with Crippen LogP contribution in [0.1, 0.15) is 17.9 Å². The van der Waals surface area contributed by atoms with Crippen LogP contribution in [-0.4, -0.2) is 29.9 Å². The fourth-order valence-corrected chi connectivity index (χ4v) is 3.29. The normalized spacial score (nSPS) is 11.1. The molecule has 0 N–H and O–H groups in total. The molecule has 4 rings (SSSR count). The zero-order chi connectivity index (χ0) is 19.5. The van der Waals surface area contributed by atoms with Gasteiger partial charge in [0.15, 0.2) is 11.5 Å². The van der Waals surface area contributed by atoms with Gasteiger partial charge in [-0.05, 0) is 46.7 Å². The third-order valence-corrected chi connectivity index (χ3v) is 4.85. The second kappa shape index (κ2) is 7.72. The molecule has 1 amide bonds. The summed E-state index contributed by atoms with van der Waals surface area (Å²) in [5, 5.41) is 2.25. The molecule has 0 aliphatic heterocycles. The molecule has 5 nitrogen and oxygen atoms in total. The highest BCUT2D eigenvalue weighted by Crippen LogP contribution is 2.22. The Hall–Kier alpha value is -3.34. The summed E-state index contributed by atoms with van der Waals surface area (Å²) in [5.41, 5.74) is 2.67. The Bertz CT molecular complexity index is 1100. The first kappa shape index (κ1) is 18.0. The Morgan fingerprint density at radius 3 is 2.68 bits per heavy atom. The quantitative estimate of drug-likeness (QED) is 0.496. The number of ether oxygens (including phenoxy) is 1. The number of para-hydroxylation sites is 2. The van der Waals surface area contributed by atoms with E-state index in [2.05, 4.69) is 17.1 Å². The number of amides is 1. The molecule has 0 aliphatic rings. The largest absolute Gasteiger partial charge is 0.497 e. The van der Waals surface area contributed by atoms with Crippen molar-refractivity contribution in [2.75, 3.05) is 14.2 Å². The lowest BCUT2D eigenvalue weighted by molar-refractivity contribution is -0.130. The van der Waals surface area contributed by atoms with Crippen molar-refractivity contribution < 1.29 is 13.9 Å². The Balaban J connectivity index is 1.39. The lowest BCUT2D eigenvalue weighted by atomic mass is 10.1. The van der Waals surface area contributed by atoms with Crippen LogP contribution in [-0.2, 0) is 17.8 Å². The molecule has 0 unspecified atom stereocenters. The molecule has 28 heavy (non-hydrogen) atoms. The summed E-state index contributed by atoms with van der Waals surface area (Å²) in [6.45, 7) is 0.564. The van der Waals surface area contributed by atoms with E-state index < -0.39 is 0 Å². The maximum absolute atomic E-state index is 12.5. The molecule has 1 heterocycles. The number of methoxy groups -OCH3 is 1. The molecular formula is C23H22N2O3. The molecule has 0 bridgehead atoms. The van der Waals surface area contributed by atoms with Crippen LogP contribution in [0.3, 0.4) is 0 Å². The standard InChI is InChI=1S/C23H22N2O3/c1-25(15-16-7-8-18-14-19(27-2)10-9-17(18)13-16)23(26)12-11-22-24-20-5-3-4-6-21(20)28-22/h3-10,13-14H,11-12,15H2,1-2H3. The van der Waals surface area contributed by atoms with E-state index in [4.69, 9.17) is 9.15 Å². The number of hydrogen-bond acceptors (Lipinski definition) is 4. The van der Waals surface area contributed by atoms with Gasteiger partial charge in [-0.2, -0.15) is 0 Å². The molecule has 5 heteroatoms. The molecule has 0 saturated carbocycles. The molecule has 3 aromatic carbocycles. The van der Waals surface area contributed by atoms with Crippen molar-refractivity contribution in [2.24, 2.45) is 0 Å². The van der Waals surface area contributed by atoms with Gasteiger partial charge in [0.25, 0.3) is 0 Å². The highest BCUT2D eigenvalue weighted by molar-refractivity contribution is 5.84. The average molecular weight is 374 g/mol. The van der Waals surface area contributed by atoms with E-state index in [1.807, 2.05) is 55.6 Å². The Kier molecular flexibility index (Phi) is 4.98. The van der Waals surface area contributed by atoms with Crippen molar-refractivity contribution in [3.63, 3.8) is 0 Å². The van der Waals surface area contributed by atoms with Crippen molar-refractivity contribution in [1.29, 1.82) is 0 Å². The first-order chi connectivity index (χ1) is 13.6. The van der Waals surface area contributed by atoms with Gasteiger partial charge in [0, 0.05) is 26.4 Å². The molecule has 0 aliphatic carbocycles. The molecule has 4 aromatic rings. The van der Waals surface area contributed by atoms with Gasteiger partial charge in [-0.15, -0.1) is 0 Å². The van der Waals surface area contributed by atoms with Crippen molar-refractivity contribution in [3.8, 4) is 5.75 Å². The number of benzene rings is 3. The predicted octanol–water partition coefficient (Wildman–Crippen LogP) is 4.58. The zero-order valence-electron chi connectivity index (χ0n) is 16.0. The number of fused-ring (bicyclic) bond motifs is 2. The molecule has 0 fully saturated rings. The molecule has 0 radical (unpaired) electrons. The number of nitrogens with zero attached hydrogens (tertiary/aromatic N) is 2. The first-order valence-electron chi connectivity index (χ1n) is 9.27. The van der Waals surface area contributed by atoms with Gasteiger partial charge in [0.1, 0.15) is 11.3 Å². The van der Waals surface area contributed by atoms with E-state index in [0.717, 1.165) is 33.2 Å². The minimum absolute atomic E-state index is 0.0667. The van der Waals surface area contributed by atoms with E-state index in [1.54, 1.807) is 12.0 Å². The fraction of sp³-hybridized carbons (Fsp3) is 0.217. The minimum Gasteiger partial charge on any atom is -0.497 e. The molecule has 0 saturated heterocycles. The summed E-state index contributed by atoms with van der Waals surface area (Å²) in [7, 11) is 3.49. The van der Waals surface area contributed by atoms with E-state index in [0.29, 0.717) is 25.3 Å². The van der Waals surface area contributed by atoms with E-state index in [1.165, 1.54) is 0 Å². The smallest absolute Gasteiger partial charge is 0.223 e. The van der Waals surface area contributed by atoms with Crippen LogP contribution >= 0.6 is 0 Å². The summed E-state index contributed by atoms with van der Waals surface area (Å²) in [4.78, 5) is 18.7. The van der Waals surface area contributed by atoms with E-state index in [9.17, 15) is 4.79 Å². The van der Waals surface area contributed by atoms with Gasteiger partial charge < -0.3 is 14.1 Å². The lowest BCUT2D eigenvalue weighted by Gasteiger charge is -2.17. The van der Waals surface area contributed by atoms with Gasteiger partial charge >= 0.3 is 0 Å². The topological polar surface area (TPSA) is 55.6 Å². The van der Waals surface area contributed by atoms with Crippen LogP contribution in [0.15, 0.2) is 65.1 Å². The number of rotatable bonds is 6. The van der Waals surface area contributed by atoms with Gasteiger partial charge in [-0.25, -0.2) is 4.98 Å². The molecule has 0 spiro atoms. The van der Waals surface area contributed by atoms with Gasteiger partial charge in [-0.1, -0.05) is 30.3 Å².